The molecule has 0 N–H and O–H groups in total. The van der Waals surface area contributed by atoms with Crippen LogP contribution in [0.4, 0.5) is 11.4 Å². The molecule has 0 fully saturated rings. The maximum atomic E-state index is 13.3. The van der Waals surface area contributed by atoms with E-state index in [1.807, 2.05) is 0 Å². The average Bonchev–Trinajstić information content (AvgIpc) is 3.02. The van der Waals surface area contributed by atoms with Crippen LogP contribution in [0.5, 0.6) is 0 Å². The third kappa shape index (κ3) is 4.04. The normalized spacial score (nSPS) is 11.4. The van der Waals surface area contributed by atoms with E-state index in [2.05, 4.69) is 0 Å². The number of nitrogens with zero attached hydrogens (tertiary/aromatic N) is 2. The van der Waals surface area contributed by atoms with E-state index < -0.39 is 37.4 Å². The van der Waals surface area contributed by atoms with E-state index in [0.717, 1.165) is 25.1 Å². The molecule has 1 aromatic heterocycles. The molecule has 168 valence electrons. The second-order valence-corrected chi connectivity index (χ2v) is 8.76. The van der Waals surface area contributed by atoms with Crippen molar-refractivity contribution in [3.8, 4) is 0 Å². The minimum atomic E-state index is -4.64. The molecule has 1 heterocycles. The van der Waals surface area contributed by atoms with Crippen molar-refractivity contribution in [1.82, 2.24) is 0 Å². The zero-order valence-electron chi connectivity index (χ0n) is 17.1. The van der Waals surface area contributed by atoms with Crippen LogP contribution in [0.15, 0.2) is 45.7 Å². The Morgan fingerprint density at radius 3 is 2.50 bits per heavy atom. The van der Waals surface area contributed by atoms with Crippen molar-refractivity contribution >= 4 is 55.8 Å². The Morgan fingerprint density at radius 1 is 1.22 bits per heavy atom. The summed E-state index contributed by atoms with van der Waals surface area (Å²) < 4.78 is 37.7. The number of furan rings is 1. The fraction of sp³-hybridized carbons (Fsp3) is 0.200. The van der Waals surface area contributed by atoms with Gasteiger partial charge in [0.05, 0.1) is 22.2 Å². The lowest BCUT2D eigenvalue weighted by molar-refractivity contribution is -0.385. The summed E-state index contributed by atoms with van der Waals surface area (Å²) in [4.78, 5) is 34.5. The number of carbonyl (C=O) groups excluding carboxylic acids is 2. The lowest BCUT2D eigenvalue weighted by Gasteiger charge is -2.21. The van der Waals surface area contributed by atoms with Gasteiger partial charge in [0.15, 0.2) is 0 Å². The molecule has 3 rings (SSSR count). The Bertz CT molecular complexity index is 1360. The van der Waals surface area contributed by atoms with Gasteiger partial charge < -0.3 is 9.15 Å². The van der Waals surface area contributed by atoms with Crippen molar-refractivity contribution in [3.63, 3.8) is 0 Å². The minimum Gasteiger partial charge on any atom is -0.462 e. The molecule has 0 saturated carbocycles. The third-order valence-electron chi connectivity index (χ3n) is 4.49. The Kier molecular flexibility index (Phi) is 6.24. The highest BCUT2D eigenvalue weighted by Crippen LogP contribution is 2.35. The van der Waals surface area contributed by atoms with E-state index in [1.165, 1.54) is 18.2 Å². The van der Waals surface area contributed by atoms with Crippen molar-refractivity contribution in [2.45, 2.75) is 25.7 Å². The summed E-state index contributed by atoms with van der Waals surface area (Å²) in [5, 5.41) is 11.0. The smallest absolute Gasteiger partial charge is 0.342 e. The lowest BCUT2D eigenvalue weighted by Crippen LogP contribution is -2.35. The molecule has 0 atom stereocenters. The Morgan fingerprint density at radius 2 is 1.91 bits per heavy atom. The Hall–Kier alpha value is -3.44. The number of non-ortho nitro benzene ring substituents is 1. The summed E-state index contributed by atoms with van der Waals surface area (Å²) in [6.07, 6.45) is 0. The van der Waals surface area contributed by atoms with E-state index >= 15 is 0 Å². The zero-order chi connectivity index (χ0) is 23.8. The van der Waals surface area contributed by atoms with Gasteiger partial charge in [0, 0.05) is 24.4 Å². The fourth-order valence-electron chi connectivity index (χ4n) is 3.18. The highest BCUT2D eigenvalue weighted by Gasteiger charge is 2.33. The number of nitro benzene ring substituents is 1. The molecule has 0 radical (unpaired) electrons. The maximum absolute atomic E-state index is 13.3. The molecule has 12 heteroatoms. The van der Waals surface area contributed by atoms with Crippen LogP contribution >= 0.6 is 11.6 Å². The van der Waals surface area contributed by atoms with Gasteiger partial charge in [-0.15, -0.1) is 0 Å². The van der Waals surface area contributed by atoms with Crippen LogP contribution in [0.25, 0.3) is 11.0 Å². The van der Waals surface area contributed by atoms with Crippen LogP contribution in [0.1, 0.15) is 30.0 Å². The second kappa shape index (κ2) is 8.60. The number of sulfonamides is 1. The molecule has 0 saturated heterocycles. The number of hydrogen-bond donors (Lipinski definition) is 0. The van der Waals surface area contributed by atoms with Gasteiger partial charge in [0.25, 0.3) is 15.7 Å². The molecule has 0 bridgehead atoms. The van der Waals surface area contributed by atoms with Gasteiger partial charge in [-0.25, -0.2) is 17.5 Å². The summed E-state index contributed by atoms with van der Waals surface area (Å²) >= 11 is 6.01. The molecule has 2 aromatic carbocycles. The Balaban J connectivity index is 2.22. The van der Waals surface area contributed by atoms with Crippen molar-refractivity contribution in [2.75, 3.05) is 10.9 Å². The number of hydrogen-bond acceptors (Lipinski definition) is 8. The molecule has 3 aromatic rings. The third-order valence-corrected chi connectivity index (χ3v) is 6.78. The number of rotatable bonds is 6. The number of benzene rings is 2. The van der Waals surface area contributed by atoms with Crippen molar-refractivity contribution < 1.29 is 32.1 Å². The SMILES string of the molecule is CCOC(=O)c1c(C)oc2ccc(N(C(C)=O)S(=O)(=O)c3cc([N+](=O)[O-])ccc3Cl)cc12. The largest absolute Gasteiger partial charge is 0.462 e. The molecule has 1 amide bonds. The highest BCUT2D eigenvalue weighted by molar-refractivity contribution is 7.93. The van der Waals surface area contributed by atoms with Crippen LogP contribution in [0.3, 0.4) is 0 Å². The number of carbonyl (C=O) groups is 2. The van der Waals surface area contributed by atoms with Crippen LogP contribution in [-0.4, -0.2) is 31.8 Å². The second-order valence-electron chi connectivity index (χ2n) is 6.59. The number of nitro groups is 1. The van der Waals surface area contributed by atoms with E-state index in [9.17, 15) is 28.1 Å². The molecule has 0 unspecified atom stereocenters. The quantitative estimate of drug-likeness (QED) is 0.290. The zero-order valence-corrected chi connectivity index (χ0v) is 18.7. The topological polar surface area (TPSA) is 137 Å². The standard InChI is InChI=1S/C20H17ClN2O8S/c1-4-30-20(25)19-11(2)31-17-8-6-13(9-15(17)19)22(12(3)24)32(28,29)18-10-14(23(26)27)5-7-16(18)21/h5-10H,4H2,1-3H3. The lowest BCUT2D eigenvalue weighted by atomic mass is 10.1. The van der Waals surface area contributed by atoms with Crippen molar-refractivity contribution in [2.24, 2.45) is 0 Å². The summed E-state index contributed by atoms with van der Waals surface area (Å²) in [5.74, 6) is -1.31. The minimum absolute atomic E-state index is 0.0954. The van der Waals surface area contributed by atoms with Crippen LogP contribution in [0, 0.1) is 17.0 Å². The molecule has 0 spiro atoms. The summed E-state index contributed by atoms with van der Waals surface area (Å²) in [6, 6.07) is 6.89. The first-order chi connectivity index (χ1) is 15.0. The molecule has 0 aliphatic rings. The molecule has 10 nitrogen and oxygen atoms in total. The molecular weight excluding hydrogens is 464 g/mol. The van der Waals surface area contributed by atoms with Gasteiger partial charge in [-0.2, -0.15) is 0 Å². The number of aryl methyl sites for hydroxylation is 1. The number of fused-ring (bicyclic) bond motifs is 1. The van der Waals surface area contributed by atoms with Crippen molar-refractivity contribution in [1.29, 1.82) is 0 Å². The van der Waals surface area contributed by atoms with Gasteiger partial charge in [0.2, 0.25) is 5.91 Å². The number of anilines is 1. The monoisotopic (exact) mass is 480 g/mol. The Labute approximate surface area is 187 Å². The van der Waals surface area contributed by atoms with Gasteiger partial charge in [-0.3, -0.25) is 14.9 Å². The molecule has 0 aliphatic carbocycles. The first-order valence-electron chi connectivity index (χ1n) is 9.19. The summed E-state index contributed by atoms with van der Waals surface area (Å²) in [7, 11) is -4.64. The van der Waals surface area contributed by atoms with Crippen LogP contribution < -0.4 is 4.31 Å². The maximum Gasteiger partial charge on any atom is 0.342 e. The number of halogens is 1. The van der Waals surface area contributed by atoms with E-state index in [4.69, 9.17) is 20.8 Å². The average molecular weight is 481 g/mol. The van der Waals surface area contributed by atoms with Gasteiger partial charge in [-0.05, 0) is 38.1 Å². The van der Waals surface area contributed by atoms with Crippen LogP contribution in [-0.2, 0) is 19.6 Å². The molecule has 0 aliphatic heterocycles. The first kappa shape index (κ1) is 23.2. The van der Waals surface area contributed by atoms with Gasteiger partial charge in [-0.1, -0.05) is 11.6 Å². The molecular formula is C20H17ClN2O8S. The number of ether oxygens (including phenoxy) is 1. The van der Waals surface area contributed by atoms with Crippen LogP contribution in [0.2, 0.25) is 5.02 Å². The van der Waals surface area contributed by atoms with E-state index in [-0.39, 0.29) is 39.6 Å². The van der Waals surface area contributed by atoms with E-state index in [0.29, 0.717) is 4.31 Å². The van der Waals surface area contributed by atoms with Gasteiger partial charge in [0.1, 0.15) is 21.8 Å². The molecule has 32 heavy (non-hydrogen) atoms. The number of esters is 1. The predicted molar refractivity (Wildman–Crippen MR) is 115 cm³/mol. The number of amides is 1. The summed E-state index contributed by atoms with van der Waals surface area (Å²) in [5.41, 5.74) is -0.248. The highest BCUT2D eigenvalue weighted by atomic mass is 35.5. The summed E-state index contributed by atoms with van der Waals surface area (Å²) in [6.45, 7) is 4.31. The van der Waals surface area contributed by atoms with E-state index in [1.54, 1.807) is 13.8 Å². The predicted octanol–water partition coefficient (Wildman–Crippen LogP) is 4.22. The first-order valence-corrected chi connectivity index (χ1v) is 11.0. The fourth-order valence-corrected chi connectivity index (χ4v) is 5.10. The van der Waals surface area contributed by atoms with Crippen molar-refractivity contribution in [3.05, 3.63) is 62.9 Å². The van der Waals surface area contributed by atoms with Gasteiger partial charge >= 0.3 is 5.97 Å².